The molecule has 0 atom stereocenters. The summed E-state index contributed by atoms with van der Waals surface area (Å²) in [6, 6.07) is 6.55. The number of nitrogens with one attached hydrogen (secondary N) is 2. The second kappa shape index (κ2) is 9.76. The smallest absolute Gasteiger partial charge is 0.240 e. The second-order valence-corrected chi connectivity index (χ2v) is 6.55. The Kier molecular flexibility index (Phi) is 8.34. The summed E-state index contributed by atoms with van der Waals surface area (Å²) in [6.45, 7) is 6.61. The van der Waals surface area contributed by atoms with Gasteiger partial charge in [-0.25, -0.2) is 13.1 Å². The molecular formula is C15H26N2O3S. The molecule has 0 fully saturated rings. The Morgan fingerprint density at radius 1 is 1.05 bits per heavy atom. The summed E-state index contributed by atoms with van der Waals surface area (Å²) < 4.78 is 32.2. The molecule has 5 nitrogen and oxygen atoms in total. The summed E-state index contributed by atoms with van der Waals surface area (Å²) in [4.78, 5) is 0.264. The highest BCUT2D eigenvalue weighted by atomic mass is 32.2. The fourth-order valence-electron chi connectivity index (χ4n) is 1.79. The van der Waals surface area contributed by atoms with Crippen molar-refractivity contribution in [2.45, 2.75) is 38.0 Å². The maximum Gasteiger partial charge on any atom is 0.240 e. The summed E-state index contributed by atoms with van der Waals surface area (Å²) >= 11 is 0. The Balaban J connectivity index is 2.48. The Bertz CT molecular complexity index is 486. The minimum atomic E-state index is -3.43. The number of rotatable bonds is 11. The van der Waals surface area contributed by atoms with Gasteiger partial charge in [-0.1, -0.05) is 26.7 Å². The number of sulfonamides is 1. The van der Waals surface area contributed by atoms with Gasteiger partial charge in [0.05, 0.1) is 11.5 Å². The molecule has 0 heterocycles. The van der Waals surface area contributed by atoms with Crippen molar-refractivity contribution < 1.29 is 13.2 Å². The van der Waals surface area contributed by atoms with Crippen molar-refractivity contribution in [3.63, 3.8) is 0 Å². The van der Waals surface area contributed by atoms with Gasteiger partial charge in [-0.3, -0.25) is 0 Å². The third-order valence-electron chi connectivity index (χ3n) is 2.99. The van der Waals surface area contributed by atoms with Gasteiger partial charge in [-0.15, -0.1) is 0 Å². The molecule has 0 aliphatic rings. The molecule has 0 radical (unpaired) electrons. The molecule has 1 aromatic carbocycles. The quantitative estimate of drug-likeness (QED) is 0.614. The topological polar surface area (TPSA) is 67.4 Å². The van der Waals surface area contributed by atoms with Gasteiger partial charge in [0.1, 0.15) is 5.75 Å². The molecule has 0 spiro atoms. The van der Waals surface area contributed by atoms with Crippen LogP contribution in [0.15, 0.2) is 29.2 Å². The highest BCUT2D eigenvalue weighted by Gasteiger charge is 2.12. The van der Waals surface area contributed by atoms with Gasteiger partial charge in [0, 0.05) is 13.1 Å². The molecular weight excluding hydrogens is 288 g/mol. The van der Waals surface area contributed by atoms with E-state index < -0.39 is 10.0 Å². The molecule has 0 saturated carbocycles. The predicted molar refractivity (Wildman–Crippen MR) is 85.2 cm³/mol. The largest absolute Gasteiger partial charge is 0.494 e. The van der Waals surface area contributed by atoms with Crippen molar-refractivity contribution in [3.05, 3.63) is 24.3 Å². The number of benzene rings is 1. The van der Waals surface area contributed by atoms with Crippen LogP contribution in [0.1, 0.15) is 33.1 Å². The molecule has 2 N–H and O–H groups in total. The SMILES string of the molecule is CCCCCOc1ccc(S(=O)(=O)NCCNCC)cc1. The van der Waals surface area contributed by atoms with Gasteiger partial charge in [0.2, 0.25) is 10.0 Å². The molecule has 21 heavy (non-hydrogen) atoms. The second-order valence-electron chi connectivity index (χ2n) is 4.78. The lowest BCUT2D eigenvalue weighted by molar-refractivity contribution is 0.306. The number of likely N-dealkylation sites (N-methyl/N-ethyl adjacent to an activating group) is 1. The van der Waals surface area contributed by atoms with E-state index in [9.17, 15) is 8.42 Å². The maximum atomic E-state index is 12.0. The van der Waals surface area contributed by atoms with Crippen LogP contribution < -0.4 is 14.8 Å². The van der Waals surface area contributed by atoms with Crippen LogP contribution in [-0.2, 0) is 10.0 Å². The fourth-order valence-corrected chi connectivity index (χ4v) is 2.82. The van der Waals surface area contributed by atoms with Gasteiger partial charge >= 0.3 is 0 Å². The molecule has 120 valence electrons. The zero-order valence-electron chi connectivity index (χ0n) is 12.9. The minimum absolute atomic E-state index is 0.264. The lowest BCUT2D eigenvalue weighted by atomic mass is 10.3. The molecule has 0 aliphatic carbocycles. The molecule has 6 heteroatoms. The van der Waals surface area contributed by atoms with Crippen LogP contribution in [0.5, 0.6) is 5.75 Å². The summed E-state index contributed by atoms with van der Waals surface area (Å²) in [7, 11) is -3.43. The van der Waals surface area contributed by atoms with E-state index in [2.05, 4.69) is 17.0 Å². The van der Waals surface area contributed by atoms with E-state index in [1.54, 1.807) is 24.3 Å². The highest BCUT2D eigenvalue weighted by Crippen LogP contribution is 2.16. The van der Waals surface area contributed by atoms with Crippen molar-refractivity contribution in [3.8, 4) is 5.75 Å². The summed E-state index contributed by atoms with van der Waals surface area (Å²) in [5.74, 6) is 0.706. The molecule has 0 aliphatic heterocycles. The maximum absolute atomic E-state index is 12.0. The predicted octanol–water partition coefficient (Wildman–Crippen LogP) is 2.14. The molecule has 0 amide bonds. The summed E-state index contributed by atoms with van der Waals surface area (Å²) in [6.07, 6.45) is 3.31. The van der Waals surface area contributed by atoms with Gasteiger partial charge in [-0.05, 0) is 37.2 Å². The Morgan fingerprint density at radius 3 is 2.38 bits per heavy atom. The van der Waals surface area contributed by atoms with E-state index in [1.165, 1.54) is 0 Å². The zero-order chi connectivity index (χ0) is 15.6. The van der Waals surface area contributed by atoms with Crippen LogP contribution in [0.2, 0.25) is 0 Å². The number of hydrogen-bond acceptors (Lipinski definition) is 4. The van der Waals surface area contributed by atoms with Gasteiger partial charge in [0.25, 0.3) is 0 Å². The van der Waals surface area contributed by atoms with Gasteiger partial charge < -0.3 is 10.1 Å². The average Bonchev–Trinajstić information content (AvgIpc) is 2.49. The van der Waals surface area contributed by atoms with Crippen molar-refractivity contribution in [2.75, 3.05) is 26.2 Å². The van der Waals surface area contributed by atoms with Crippen molar-refractivity contribution in [2.24, 2.45) is 0 Å². The monoisotopic (exact) mass is 314 g/mol. The standard InChI is InChI=1S/C15H26N2O3S/c1-3-5-6-13-20-14-7-9-15(10-8-14)21(18,19)17-12-11-16-4-2/h7-10,16-17H,3-6,11-13H2,1-2H3. The summed E-state index contributed by atoms with van der Waals surface area (Å²) in [5.41, 5.74) is 0. The molecule has 0 bridgehead atoms. The number of hydrogen-bond donors (Lipinski definition) is 2. The van der Waals surface area contributed by atoms with Gasteiger partial charge in [0.15, 0.2) is 0 Å². The first-order chi connectivity index (χ1) is 10.1. The molecule has 0 saturated heterocycles. The molecule has 1 rings (SSSR count). The third kappa shape index (κ3) is 6.93. The van der Waals surface area contributed by atoms with Gasteiger partial charge in [-0.2, -0.15) is 0 Å². The van der Waals surface area contributed by atoms with E-state index in [-0.39, 0.29) is 4.90 Å². The van der Waals surface area contributed by atoms with Crippen molar-refractivity contribution >= 4 is 10.0 Å². The first-order valence-corrected chi connectivity index (χ1v) is 9.01. The normalized spacial score (nSPS) is 11.5. The lowest BCUT2D eigenvalue weighted by Gasteiger charge is -2.09. The Morgan fingerprint density at radius 2 is 1.76 bits per heavy atom. The lowest BCUT2D eigenvalue weighted by Crippen LogP contribution is -2.31. The van der Waals surface area contributed by atoms with Crippen LogP contribution in [0, 0.1) is 0 Å². The van der Waals surface area contributed by atoms with E-state index in [4.69, 9.17) is 4.74 Å². The van der Waals surface area contributed by atoms with Crippen molar-refractivity contribution in [1.29, 1.82) is 0 Å². The highest BCUT2D eigenvalue weighted by molar-refractivity contribution is 7.89. The van der Waals surface area contributed by atoms with E-state index in [1.807, 2.05) is 6.92 Å². The van der Waals surface area contributed by atoms with E-state index in [0.717, 1.165) is 25.8 Å². The first kappa shape index (κ1) is 17.9. The fraction of sp³-hybridized carbons (Fsp3) is 0.600. The van der Waals surface area contributed by atoms with Crippen LogP contribution in [0.3, 0.4) is 0 Å². The molecule has 0 unspecified atom stereocenters. The van der Waals surface area contributed by atoms with Crippen LogP contribution in [0.25, 0.3) is 0 Å². The third-order valence-corrected chi connectivity index (χ3v) is 4.47. The summed E-state index contributed by atoms with van der Waals surface area (Å²) in [5, 5.41) is 3.07. The molecule has 0 aromatic heterocycles. The Hall–Kier alpha value is -1.11. The first-order valence-electron chi connectivity index (χ1n) is 7.53. The average molecular weight is 314 g/mol. The Labute approximate surface area is 128 Å². The number of ether oxygens (including phenoxy) is 1. The molecule has 1 aromatic rings. The van der Waals surface area contributed by atoms with Crippen molar-refractivity contribution in [1.82, 2.24) is 10.0 Å². The van der Waals surface area contributed by atoms with Crippen LogP contribution in [0.4, 0.5) is 0 Å². The van der Waals surface area contributed by atoms with Crippen LogP contribution >= 0.6 is 0 Å². The van der Waals surface area contributed by atoms with E-state index in [0.29, 0.717) is 25.4 Å². The minimum Gasteiger partial charge on any atom is -0.494 e. The van der Waals surface area contributed by atoms with Crippen LogP contribution in [-0.4, -0.2) is 34.7 Å². The zero-order valence-corrected chi connectivity index (χ0v) is 13.7. The van der Waals surface area contributed by atoms with E-state index >= 15 is 0 Å². The number of unbranched alkanes of at least 4 members (excludes halogenated alkanes) is 2.